The largest absolute Gasteiger partial charge is 0.338 e. The summed E-state index contributed by atoms with van der Waals surface area (Å²) < 4.78 is 0. The summed E-state index contributed by atoms with van der Waals surface area (Å²) >= 11 is 0. The van der Waals surface area contributed by atoms with Crippen LogP contribution in [0.1, 0.15) is 49.9 Å². The molecule has 0 saturated heterocycles. The molecule has 0 heterocycles. The van der Waals surface area contributed by atoms with Crippen molar-refractivity contribution in [3.63, 3.8) is 0 Å². The molecule has 2 unspecified atom stereocenters. The lowest BCUT2D eigenvalue weighted by atomic mass is 9.80. The summed E-state index contributed by atoms with van der Waals surface area (Å²) in [6, 6.07) is 6.77. The van der Waals surface area contributed by atoms with Gasteiger partial charge in [0.2, 0.25) is 0 Å². The fraction of sp³-hybridized carbons (Fsp3) is 0.529. The topological polar surface area (TPSA) is 58.2 Å². The normalized spacial score (nSPS) is 21.6. The van der Waals surface area contributed by atoms with E-state index in [1.807, 2.05) is 0 Å². The molecule has 1 aromatic rings. The minimum absolute atomic E-state index is 0.0253. The number of Topliss-reactive ketones (excluding diaryl/α,β-unsaturated/α-hetero) is 1. The number of benzene rings is 1. The highest BCUT2D eigenvalue weighted by Crippen LogP contribution is 2.28. The van der Waals surface area contributed by atoms with E-state index in [4.69, 9.17) is 0 Å². The molecule has 0 bridgehead atoms. The summed E-state index contributed by atoms with van der Waals surface area (Å²) in [5.74, 6) is 1.30. The maximum Gasteiger partial charge on any atom is 0.319 e. The summed E-state index contributed by atoms with van der Waals surface area (Å²) in [7, 11) is 0. The van der Waals surface area contributed by atoms with Gasteiger partial charge < -0.3 is 10.6 Å². The van der Waals surface area contributed by atoms with E-state index >= 15 is 0 Å². The highest BCUT2D eigenvalue weighted by atomic mass is 16.2. The second-order valence-electron chi connectivity index (χ2n) is 5.99. The lowest BCUT2D eigenvalue weighted by molar-refractivity contribution is 0.101. The lowest BCUT2D eigenvalue weighted by Gasteiger charge is -2.28. The Kier molecular flexibility index (Phi) is 5.37. The number of nitrogens with one attached hydrogen (secondary N) is 2. The van der Waals surface area contributed by atoms with E-state index in [-0.39, 0.29) is 11.8 Å². The van der Waals surface area contributed by atoms with Crippen LogP contribution in [0.4, 0.5) is 10.5 Å². The van der Waals surface area contributed by atoms with Crippen LogP contribution < -0.4 is 10.6 Å². The third-order valence-corrected chi connectivity index (χ3v) is 4.36. The van der Waals surface area contributed by atoms with Gasteiger partial charge in [-0.05, 0) is 49.4 Å². The van der Waals surface area contributed by atoms with Crippen LogP contribution in [0.25, 0.3) is 0 Å². The summed E-state index contributed by atoms with van der Waals surface area (Å²) in [5, 5.41) is 5.75. The van der Waals surface area contributed by atoms with Gasteiger partial charge in [0, 0.05) is 17.8 Å². The number of carbonyl (C=O) groups excluding carboxylic acids is 2. The van der Waals surface area contributed by atoms with Gasteiger partial charge in [0.05, 0.1) is 0 Å². The Morgan fingerprint density at radius 1 is 1.14 bits per heavy atom. The molecule has 2 atom stereocenters. The molecule has 21 heavy (non-hydrogen) atoms. The van der Waals surface area contributed by atoms with E-state index in [9.17, 15) is 9.59 Å². The van der Waals surface area contributed by atoms with Crippen LogP contribution in [0.15, 0.2) is 24.3 Å². The smallest absolute Gasteiger partial charge is 0.319 e. The van der Waals surface area contributed by atoms with Crippen molar-refractivity contribution in [3.05, 3.63) is 29.8 Å². The Morgan fingerprint density at radius 3 is 2.43 bits per heavy atom. The first-order valence-corrected chi connectivity index (χ1v) is 7.72. The third kappa shape index (κ3) is 4.59. The van der Waals surface area contributed by atoms with E-state index in [0.29, 0.717) is 23.1 Å². The van der Waals surface area contributed by atoms with Crippen LogP contribution in [-0.2, 0) is 0 Å². The van der Waals surface area contributed by atoms with E-state index in [2.05, 4.69) is 17.6 Å². The number of anilines is 1. The Balaban J connectivity index is 1.80. The van der Waals surface area contributed by atoms with Crippen molar-refractivity contribution in [2.24, 2.45) is 11.8 Å². The molecule has 2 rings (SSSR count). The molecule has 4 nitrogen and oxygen atoms in total. The van der Waals surface area contributed by atoms with E-state index in [1.165, 1.54) is 32.6 Å². The second kappa shape index (κ2) is 7.25. The van der Waals surface area contributed by atoms with Crippen LogP contribution in [0.2, 0.25) is 0 Å². The van der Waals surface area contributed by atoms with Gasteiger partial charge in [0.1, 0.15) is 0 Å². The maximum atomic E-state index is 11.9. The van der Waals surface area contributed by atoms with E-state index < -0.39 is 0 Å². The monoisotopic (exact) mass is 288 g/mol. The highest BCUT2D eigenvalue weighted by molar-refractivity contribution is 5.95. The third-order valence-electron chi connectivity index (χ3n) is 4.36. The fourth-order valence-corrected chi connectivity index (χ4v) is 2.88. The summed E-state index contributed by atoms with van der Waals surface area (Å²) in [6.07, 6.45) is 5.05. The Bertz CT molecular complexity index is 496. The minimum atomic E-state index is -0.177. The molecule has 1 aromatic carbocycles. The zero-order chi connectivity index (χ0) is 15.2. The molecule has 0 aliphatic heterocycles. The van der Waals surface area contributed by atoms with E-state index in [1.54, 1.807) is 24.3 Å². The van der Waals surface area contributed by atoms with Crippen molar-refractivity contribution in [3.8, 4) is 0 Å². The minimum Gasteiger partial charge on any atom is -0.338 e. The first-order chi connectivity index (χ1) is 10.1. The molecule has 1 aliphatic carbocycles. The number of amides is 2. The molecule has 114 valence electrons. The van der Waals surface area contributed by atoms with Crippen LogP contribution in [0, 0.1) is 11.8 Å². The van der Waals surface area contributed by atoms with Gasteiger partial charge in [-0.2, -0.15) is 0 Å². The standard InChI is InChI=1S/C17H24N2O2/c1-12-5-3-4-6-15(12)11-18-17(21)19-16-9-7-14(8-10-16)13(2)20/h7-10,12,15H,3-6,11H2,1-2H3,(H2,18,19,21). The maximum absolute atomic E-state index is 11.9. The van der Waals surface area contributed by atoms with Crippen LogP contribution in [0.5, 0.6) is 0 Å². The van der Waals surface area contributed by atoms with E-state index in [0.717, 1.165) is 6.54 Å². The van der Waals surface area contributed by atoms with Gasteiger partial charge in [0.25, 0.3) is 0 Å². The van der Waals surface area contributed by atoms with Gasteiger partial charge in [-0.3, -0.25) is 4.79 Å². The zero-order valence-corrected chi connectivity index (χ0v) is 12.8. The van der Waals surface area contributed by atoms with Crippen molar-refractivity contribution in [1.29, 1.82) is 0 Å². The first-order valence-electron chi connectivity index (χ1n) is 7.72. The van der Waals surface area contributed by atoms with Gasteiger partial charge >= 0.3 is 6.03 Å². The predicted molar refractivity (Wildman–Crippen MR) is 84.6 cm³/mol. The van der Waals surface area contributed by atoms with Gasteiger partial charge in [-0.1, -0.05) is 26.2 Å². The van der Waals surface area contributed by atoms with Crippen molar-refractivity contribution >= 4 is 17.5 Å². The molecule has 2 amide bonds. The molecule has 0 radical (unpaired) electrons. The van der Waals surface area contributed by atoms with Crippen molar-refractivity contribution < 1.29 is 9.59 Å². The number of ketones is 1. The Morgan fingerprint density at radius 2 is 1.81 bits per heavy atom. The SMILES string of the molecule is CC(=O)c1ccc(NC(=O)NCC2CCCCC2C)cc1. The Hall–Kier alpha value is -1.84. The quantitative estimate of drug-likeness (QED) is 0.827. The van der Waals surface area contributed by atoms with Gasteiger partial charge in [-0.25, -0.2) is 4.79 Å². The molecular formula is C17H24N2O2. The van der Waals surface area contributed by atoms with Crippen molar-refractivity contribution in [2.75, 3.05) is 11.9 Å². The van der Waals surface area contributed by atoms with Gasteiger partial charge in [0.15, 0.2) is 5.78 Å². The molecule has 2 N–H and O–H groups in total. The number of carbonyl (C=O) groups is 2. The van der Waals surface area contributed by atoms with Crippen LogP contribution in [-0.4, -0.2) is 18.4 Å². The molecular weight excluding hydrogens is 264 g/mol. The molecule has 1 saturated carbocycles. The number of rotatable bonds is 4. The highest BCUT2D eigenvalue weighted by Gasteiger charge is 2.21. The average Bonchev–Trinajstić information content (AvgIpc) is 2.47. The second-order valence-corrected chi connectivity index (χ2v) is 5.99. The van der Waals surface area contributed by atoms with Crippen molar-refractivity contribution in [1.82, 2.24) is 5.32 Å². The molecule has 4 heteroatoms. The molecule has 1 aliphatic rings. The summed E-state index contributed by atoms with van der Waals surface area (Å²) in [4.78, 5) is 23.1. The number of hydrogen-bond donors (Lipinski definition) is 2. The average molecular weight is 288 g/mol. The van der Waals surface area contributed by atoms with Crippen LogP contribution >= 0.6 is 0 Å². The summed E-state index contributed by atoms with van der Waals surface area (Å²) in [6.45, 7) is 4.53. The lowest BCUT2D eigenvalue weighted by Crippen LogP contribution is -2.36. The number of urea groups is 1. The summed E-state index contributed by atoms with van der Waals surface area (Å²) in [5.41, 5.74) is 1.35. The fourth-order valence-electron chi connectivity index (χ4n) is 2.88. The first kappa shape index (κ1) is 15.5. The van der Waals surface area contributed by atoms with Gasteiger partial charge in [-0.15, -0.1) is 0 Å². The zero-order valence-electron chi connectivity index (χ0n) is 12.8. The Labute approximate surface area is 126 Å². The molecule has 0 spiro atoms. The number of hydrogen-bond acceptors (Lipinski definition) is 2. The van der Waals surface area contributed by atoms with Crippen LogP contribution in [0.3, 0.4) is 0 Å². The molecule has 1 fully saturated rings. The predicted octanol–water partition coefficient (Wildman–Crippen LogP) is 3.84. The van der Waals surface area contributed by atoms with Crippen molar-refractivity contribution in [2.45, 2.75) is 39.5 Å². The molecule has 0 aromatic heterocycles.